The Labute approximate surface area is 110 Å². The van der Waals surface area contributed by atoms with Crippen molar-refractivity contribution in [3.8, 4) is 0 Å². The molecule has 1 aromatic rings. The van der Waals surface area contributed by atoms with Crippen LogP contribution in [0.3, 0.4) is 0 Å². The first-order chi connectivity index (χ1) is 8.77. The van der Waals surface area contributed by atoms with Crippen LogP contribution in [0.5, 0.6) is 0 Å². The Morgan fingerprint density at radius 3 is 2.50 bits per heavy atom. The molecule has 2 nitrogen and oxygen atoms in total. The van der Waals surface area contributed by atoms with Gasteiger partial charge >= 0.3 is 0 Å². The molecular formula is C16H23NO. The minimum atomic E-state index is -0.235. The van der Waals surface area contributed by atoms with E-state index in [1.54, 1.807) is 0 Å². The fourth-order valence-corrected chi connectivity index (χ4v) is 2.53. The van der Waals surface area contributed by atoms with Gasteiger partial charge in [0.15, 0.2) is 0 Å². The van der Waals surface area contributed by atoms with E-state index in [1.807, 2.05) is 6.07 Å². The standard InChI is InChI=1S/C16H23NO/c1-13(14-9-5-4-6-10-14)17-15-11-7-2-3-8-12-16(15)18/h2-6,9-10,13,15-18H,7-8,11-12H2,1H3/b3-2-/t13-,15-,16-/m1/s1. The first kappa shape index (κ1) is 13.3. The Morgan fingerprint density at radius 2 is 1.78 bits per heavy atom. The summed E-state index contributed by atoms with van der Waals surface area (Å²) in [6.45, 7) is 2.16. The summed E-state index contributed by atoms with van der Waals surface area (Å²) in [5.41, 5.74) is 1.28. The molecule has 0 heterocycles. The zero-order valence-electron chi connectivity index (χ0n) is 11.0. The minimum Gasteiger partial charge on any atom is -0.391 e. The highest BCUT2D eigenvalue weighted by atomic mass is 16.3. The number of hydrogen-bond acceptors (Lipinski definition) is 2. The van der Waals surface area contributed by atoms with Gasteiger partial charge in [-0.25, -0.2) is 0 Å². The van der Waals surface area contributed by atoms with Crippen molar-refractivity contribution in [2.24, 2.45) is 0 Å². The predicted molar refractivity (Wildman–Crippen MR) is 75.4 cm³/mol. The summed E-state index contributed by atoms with van der Waals surface area (Å²) >= 11 is 0. The average molecular weight is 245 g/mol. The molecule has 2 N–H and O–H groups in total. The molecule has 0 aromatic heterocycles. The molecule has 0 amide bonds. The topological polar surface area (TPSA) is 32.3 Å². The highest BCUT2D eigenvalue weighted by molar-refractivity contribution is 5.18. The van der Waals surface area contributed by atoms with Crippen LogP contribution >= 0.6 is 0 Å². The van der Waals surface area contributed by atoms with E-state index in [9.17, 15) is 5.11 Å². The van der Waals surface area contributed by atoms with E-state index in [-0.39, 0.29) is 18.2 Å². The molecule has 0 unspecified atom stereocenters. The van der Waals surface area contributed by atoms with Crippen LogP contribution in [0.25, 0.3) is 0 Å². The molecule has 0 saturated carbocycles. The van der Waals surface area contributed by atoms with Crippen LogP contribution in [0, 0.1) is 0 Å². The summed E-state index contributed by atoms with van der Waals surface area (Å²) in [4.78, 5) is 0. The quantitative estimate of drug-likeness (QED) is 0.802. The summed E-state index contributed by atoms with van der Waals surface area (Å²) in [5, 5.41) is 13.7. The van der Waals surface area contributed by atoms with Crippen molar-refractivity contribution >= 4 is 0 Å². The summed E-state index contributed by atoms with van der Waals surface area (Å²) < 4.78 is 0. The highest BCUT2D eigenvalue weighted by Gasteiger charge is 2.21. The predicted octanol–water partition coefficient (Wildman–Crippen LogP) is 3.20. The number of aliphatic hydroxyl groups is 1. The molecule has 0 spiro atoms. The zero-order valence-corrected chi connectivity index (χ0v) is 11.0. The Hall–Kier alpha value is -1.12. The van der Waals surface area contributed by atoms with Crippen LogP contribution in [0.2, 0.25) is 0 Å². The molecule has 1 aliphatic carbocycles. The third kappa shape index (κ3) is 3.69. The van der Waals surface area contributed by atoms with Crippen molar-refractivity contribution in [3.05, 3.63) is 48.0 Å². The average Bonchev–Trinajstić information content (AvgIpc) is 2.39. The van der Waals surface area contributed by atoms with E-state index in [0.717, 1.165) is 25.7 Å². The molecule has 2 heteroatoms. The molecule has 18 heavy (non-hydrogen) atoms. The Morgan fingerprint density at radius 1 is 1.11 bits per heavy atom. The van der Waals surface area contributed by atoms with E-state index >= 15 is 0 Å². The molecule has 0 aliphatic heterocycles. The molecule has 98 valence electrons. The summed E-state index contributed by atoms with van der Waals surface area (Å²) in [6, 6.07) is 10.9. The van der Waals surface area contributed by atoms with Crippen molar-refractivity contribution in [3.63, 3.8) is 0 Å². The number of rotatable bonds is 3. The van der Waals surface area contributed by atoms with Crippen LogP contribution in [-0.4, -0.2) is 17.3 Å². The van der Waals surface area contributed by atoms with E-state index in [2.05, 4.69) is 48.7 Å². The summed E-state index contributed by atoms with van der Waals surface area (Å²) in [6.07, 6.45) is 8.08. The van der Waals surface area contributed by atoms with Crippen LogP contribution in [0.4, 0.5) is 0 Å². The van der Waals surface area contributed by atoms with Gasteiger partial charge in [0.1, 0.15) is 0 Å². The molecule has 0 saturated heterocycles. The van der Waals surface area contributed by atoms with Crippen LogP contribution in [0.1, 0.15) is 44.2 Å². The fraction of sp³-hybridized carbons (Fsp3) is 0.500. The number of nitrogens with one attached hydrogen (secondary N) is 1. The molecular weight excluding hydrogens is 222 g/mol. The second-order valence-electron chi connectivity index (χ2n) is 5.10. The van der Waals surface area contributed by atoms with Crippen molar-refractivity contribution in [2.75, 3.05) is 0 Å². The van der Waals surface area contributed by atoms with Gasteiger partial charge < -0.3 is 10.4 Å². The Bertz CT molecular complexity index is 374. The second-order valence-corrected chi connectivity index (χ2v) is 5.10. The zero-order chi connectivity index (χ0) is 12.8. The van der Waals surface area contributed by atoms with Crippen LogP contribution < -0.4 is 5.32 Å². The van der Waals surface area contributed by atoms with Crippen molar-refractivity contribution in [1.29, 1.82) is 0 Å². The monoisotopic (exact) mass is 245 g/mol. The number of hydrogen-bond donors (Lipinski definition) is 2. The largest absolute Gasteiger partial charge is 0.391 e. The number of benzene rings is 1. The van der Waals surface area contributed by atoms with Gasteiger partial charge in [-0.15, -0.1) is 0 Å². The molecule has 0 radical (unpaired) electrons. The number of allylic oxidation sites excluding steroid dienone is 2. The van der Waals surface area contributed by atoms with Crippen LogP contribution in [0.15, 0.2) is 42.5 Å². The third-order valence-corrected chi connectivity index (χ3v) is 3.67. The van der Waals surface area contributed by atoms with E-state index < -0.39 is 0 Å². The molecule has 3 atom stereocenters. The molecule has 0 fully saturated rings. The lowest BCUT2D eigenvalue weighted by Crippen LogP contribution is -2.41. The number of aliphatic hydroxyl groups excluding tert-OH is 1. The fourth-order valence-electron chi connectivity index (χ4n) is 2.53. The highest BCUT2D eigenvalue weighted by Crippen LogP contribution is 2.18. The SMILES string of the molecule is C[C@@H](N[C@@H]1CC/C=C\CC[C@H]1O)c1ccccc1. The molecule has 0 bridgehead atoms. The Kier molecular flexibility index (Phi) is 4.97. The Balaban J connectivity index is 1.96. The van der Waals surface area contributed by atoms with E-state index in [1.165, 1.54) is 5.56 Å². The van der Waals surface area contributed by atoms with Crippen molar-refractivity contribution in [1.82, 2.24) is 5.32 Å². The first-order valence-electron chi connectivity index (χ1n) is 6.91. The molecule has 1 aliphatic rings. The lowest BCUT2D eigenvalue weighted by molar-refractivity contribution is 0.108. The summed E-state index contributed by atoms with van der Waals surface area (Å²) in [7, 11) is 0. The van der Waals surface area contributed by atoms with Gasteiger partial charge in [0.05, 0.1) is 6.10 Å². The van der Waals surface area contributed by atoms with Gasteiger partial charge in [0, 0.05) is 12.1 Å². The second kappa shape index (κ2) is 6.72. The van der Waals surface area contributed by atoms with Crippen LogP contribution in [-0.2, 0) is 0 Å². The van der Waals surface area contributed by atoms with Gasteiger partial charge in [0.25, 0.3) is 0 Å². The normalized spacial score (nSPS) is 28.1. The first-order valence-corrected chi connectivity index (χ1v) is 6.91. The minimum absolute atomic E-state index is 0.199. The lowest BCUT2D eigenvalue weighted by Gasteiger charge is -2.28. The van der Waals surface area contributed by atoms with Gasteiger partial charge in [-0.05, 0) is 38.2 Å². The van der Waals surface area contributed by atoms with Gasteiger partial charge in [-0.1, -0.05) is 42.5 Å². The third-order valence-electron chi connectivity index (χ3n) is 3.67. The maximum Gasteiger partial charge on any atom is 0.0696 e. The maximum atomic E-state index is 10.2. The van der Waals surface area contributed by atoms with E-state index in [0.29, 0.717) is 0 Å². The lowest BCUT2D eigenvalue weighted by atomic mass is 9.96. The molecule has 1 aromatic carbocycles. The maximum absolute atomic E-state index is 10.2. The smallest absolute Gasteiger partial charge is 0.0696 e. The van der Waals surface area contributed by atoms with Crippen molar-refractivity contribution in [2.45, 2.75) is 50.8 Å². The van der Waals surface area contributed by atoms with Gasteiger partial charge in [-0.2, -0.15) is 0 Å². The van der Waals surface area contributed by atoms with Gasteiger partial charge in [-0.3, -0.25) is 0 Å². The summed E-state index contributed by atoms with van der Waals surface area (Å²) in [5.74, 6) is 0. The molecule has 2 rings (SSSR count). The van der Waals surface area contributed by atoms with Gasteiger partial charge in [0.2, 0.25) is 0 Å². The van der Waals surface area contributed by atoms with Crippen molar-refractivity contribution < 1.29 is 5.11 Å². The van der Waals surface area contributed by atoms with E-state index in [4.69, 9.17) is 0 Å².